The predicted octanol–water partition coefficient (Wildman–Crippen LogP) is 1.34. The van der Waals surface area contributed by atoms with E-state index in [1.54, 1.807) is 0 Å². The fraction of sp³-hybridized carbons (Fsp3) is 0.667. The molecule has 1 heterocycles. The van der Waals surface area contributed by atoms with Gasteiger partial charge in [-0.15, -0.1) is 10.2 Å². The van der Waals surface area contributed by atoms with Crippen molar-refractivity contribution in [3.05, 3.63) is 5.01 Å². The molecule has 0 unspecified atom stereocenters. The Balaban J connectivity index is 2.07. The number of aromatic nitrogens is 2. The molecule has 1 aromatic heterocycles. The van der Waals surface area contributed by atoms with Crippen LogP contribution >= 0.6 is 11.3 Å². The van der Waals surface area contributed by atoms with Crippen LogP contribution in [0.15, 0.2) is 0 Å². The van der Waals surface area contributed by atoms with Gasteiger partial charge in [0.1, 0.15) is 11.2 Å². The predicted molar refractivity (Wildman–Crippen MR) is 41.2 cm³/mol. The second kappa shape index (κ2) is 2.41. The number of hydrogen-bond donors (Lipinski definition) is 1. The molecule has 0 atom stereocenters. The molecule has 2 N–H and O–H groups in total. The summed E-state index contributed by atoms with van der Waals surface area (Å²) < 4.78 is 12.4. The highest BCUT2D eigenvalue weighted by Gasteiger charge is 2.32. The average Bonchev–Trinajstić information content (AvgIpc) is 2.29. The van der Waals surface area contributed by atoms with Crippen molar-refractivity contribution in [3.8, 4) is 0 Å². The Hall–Kier alpha value is -0.710. The lowest BCUT2D eigenvalue weighted by Gasteiger charge is -2.26. The van der Waals surface area contributed by atoms with Gasteiger partial charge in [-0.1, -0.05) is 11.3 Å². The fourth-order valence-electron chi connectivity index (χ4n) is 1.16. The van der Waals surface area contributed by atoms with Gasteiger partial charge in [-0.25, -0.2) is 4.39 Å². The Morgan fingerprint density at radius 3 is 2.64 bits per heavy atom. The molecule has 1 aromatic rings. The first kappa shape index (κ1) is 6.97. The number of halogens is 1. The maximum absolute atomic E-state index is 12.4. The van der Waals surface area contributed by atoms with Crippen molar-refractivity contribution in [1.29, 1.82) is 0 Å². The standard InChI is InChI=1S/C6H8FN3S/c7-4-1-3(2-4)5-9-10-6(8)11-5/h3-4H,1-2H2,(H2,8,10). The number of anilines is 1. The summed E-state index contributed by atoms with van der Waals surface area (Å²) in [6.45, 7) is 0. The largest absolute Gasteiger partial charge is 0.374 e. The minimum Gasteiger partial charge on any atom is -0.374 e. The molecule has 1 aliphatic carbocycles. The van der Waals surface area contributed by atoms with E-state index < -0.39 is 6.17 Å². The number of nitrogen functional groups attached to an aromatic ring is 1. The van der Waals surface area contributed by atoms with Crippen molar-refractivity contribution in [2.24, 2.45) is 0 Å². The molecule has 11 heavy (non-hydrogen) atoms. The van der Waals surface area contributed by atoms with E-state index in [0.717, 1.165) is 5.01 Å². The van der Waals surface area contributed by atoms with Gasteiger partial charge >= 0.3 is 0 Å². The Morgan fingerprint density at radius 2 is 2.18 bits per heavy atom. The fourth-order valence-corrected chi connectivity index (χ4v) is 1.90. The van der Waals surface area contributed by atoms with Gasteiger partial charge in [0.15, 0.2) is 0 Å². The van der Waals surface area contributed by atoms with E-state index in [9.17, 15) is 4.39 Å². The number of rotatable bonds is 1. The van der Waals surface area contributed by atoms with Crippen LogP contribution in [0, 0.1) is 0 Å². The lowest BCUT2D eigenvalue weighted by atomic mass is 9.84. The van der Waals surface area contributed by atoms with E-state index >= 15 is 0 Å². The first-order valence-corrected chi connectivity index (χ1v) is 4.30. The van der Waals surface area contributed by atoms with E-state index in [1.165, 1.54) is 11.3 Å². The zero-order valence-corrected chi connectivity index (χ0v) is 6.64. The lowest BCUT2D eigenvalue weighted by Crippen LogP contribution is -2.22. The summed E-state index contributed by atoms with van der Waals surface area (Å²) in [7, 11) is 0. The number of hydrogen-bond acceptors (Lipinski definition) is 4. The topological polar surface area (TPSA) is 51.8 Å². The van der Waals surface area contributed by atoms with Gasteiger partial charge in [-0.05, 0) is 12.8 Å². The summed E-state index contributed by atoms with van der Waals surface area (Å²) in [6.07, 6.45) is 0.550. The zero-order chi connectivity index (χ0) is 7.84. The third kappa shape index (κ3) is 1.20. The number of nitrogens with two attached hydrogens (primary N) is 1. The van der Waals surface area contributed by atoms with Crippen LogP contribution in [0.5, 0.6) is 0 Å². The monoisotopic (exact) mass is 173 g/mol. The Kier molecular flexibility index (Phi) is 1.52. The Bertz CT molecular complexity index is 256. The SMILES string of the molecule is Nc1nnc(C2CC(F)C2)s1. The van der Waals surface area contributed by atoms with E-state index in [0.29, 0.717) is 18.0 Å². The molecule has 3 nitrogen and oxygen atoms in total. The zero-order valence-electron chi connectivity index (χ0n) is 5.83. The van der Waals surface area contributed by atoms with Crippen molar-refractivity contribution >= 4 is 16.5 Å². The molecular formula is C6H8FN3S. The van der Waals surface area contributed by atoms with Gasteiger partial charge in [0.05, 0.1) is 0 Å². The summed E-state index contributed by atoms with van der Waals surface area (Å²) in [4.78, 5) is 0. The molecule has 60 valence electrons. The van der Waals surface area contributed by atoms with Crippen molar-refractivity contribution in [3.63, 3.8) is 0 Å². The highest BCUT2D eigenvalue weighted by molar-refractivity contribution is 7.15. The molecular weight excluding hydrogens is 165 g/mol. The summed E-state index contributed by atoms with van der Waals surface area (Å²) in [5.41, 5.74) is 5.38. The van der Waals surface area contributed by atoms with Gasteiger partial charge in [0, 0.05) is 5.92 Å². The molecule has 0 bridgehead atoms. The Labute approximate surface area is 67.4 Å². The first-order chi connectivity index (χ1) is 5.25. The molecule has 0 aliphatic heterocycles. The van der Waals surface area contributed by atoms with Gasteiger partial charge in [0.2, 0.25) is 5.13 Å². The molecule has 2 rings (SSSR count). The summed E-state index contributed by atoms with van der Waals surface area (Å²) >= 11 is 1.36. The van der Waals surface area contributed by atoms with Crippen molar-refractivity contribution < 1.29 is 4.39 Å². The molecule has 0 aromatic carbocycles. The summed E-state index contributed by atoms with van der Waals surface area (Å²) in [6, 6.07) is 0. The Morgan fingerprint density at radius 1 is 1.45 bits per heavy atom. The van der Waals surface area contributed by atoms with Crippen LogP contribution in [0.4, 0.5) is 9.52 Å². The second-order valence-electron chi connectivity index (χ2n) is 2.74. The van der Waals surface area contributed by atoms with Crippen molar-refractivity contribution in [2.75, 3.05) is 5.73 Å². The van der Waals surface area contributed by atoms with Gasteiger partial charge < -0.3 is 5.73 Å². The van der Waals surface area contributed by atoms with Gasteiger partial charge in [-0.3, -0.25) is 0 Å². The average molecular weight is 173 g/mol. The van der Waals surface area contributed by atoms with Crippen LogP contribution < -0.4 is 5.73 Å². The molecule has 1 fully saturated rings. The maximum atomic E-state index is 12.4. The van der Waals surface area contributed by atoms with E-state index in [1.807, 2.05) is 0 Å². The third-order valence-electron chi connectivity index (χ3n) is 1.89. The first-order valence-electron chi connectivity index (χ1n) is 3.48. The summed E-state index contributed by atoms with van der Waals surface area (Å²) in [5, 5.41) is 8.88. The molecule has 0 spiro atoms. The van der Waals surface area contributed by atoms with Crippen LogP contribution in [-0.2, 0) is 0 Å². The van der Waals surface area contributed by atoms with E-state index in [4.69, 9.17) is 5.73 Å². The van der Waals surface area contributed by atoms with Crippen LogP contribution in [-0.4, -0.2) is 16.4 Å². The minimum atomic E-state index is -0.634. The molecule has 0 radical (unpaired) electrons. The van der Waals surface area contributed by atoms with Crippen molar-refractivity contribution in [1.82, 2.24) is 10.2 Å². The number of alkyl halides is 1. The normalized spacial score (nSPS) is 29.9. The maximum Gasteiger partial charge on any atom is 0.203 e. The molecule has 5 heteroatoms. The van der Waals surface area contributed by atoms with Crippen LogP contribution in [0.3, 0.4) is 0 Å². The van der Waals surface area contributed by atoms with Gasteiger partial charge in [0.25, 0.3) is 0 Å². The highest BCUT2D eigenvalue weighted by atomic mass is 32.1. The van der Waals surface area contributed by atoms with Crippen LogP contribution in [0.25, 0.3) is 0 Å². The summed E-state index contributed by atoms with van der Waals surface area (Å²) in [5.74, 6) is 0.278. The lowest BCUT2D eigenvalue weighted by molar-refractivity contribution is 0.178. The van der Waals surface area contributed by atoms with Gasteiger partial charge in [-0.2, -0.15) is 0 Å². The third-order valence-corrected chi connectivity index (χ3v) is 2.80. The van der Waals surface area contributed by atoms with Crippen LogP contribution in [0.1, 0.15) is 23.8 Å². The molecule has 0 saturated heterocycles. The second-order valence-corrected chi connectivity index (χ2v) is 3.78. The number of nitrogens with zero attached hydrogens (tertiary/aromatic N) is 2. The smallest absolute Gasteiger partial charge is 0.203 e. The van der Waals surface area contributed by atoms with Crippen molar-refractivity contribution in [2.45, 2.75) is 24.9 Å². The van der Waals surface area contributed by atoms with E-state index in [2.05, 4.69) is 10.2 Å². The minimum absolute atomic E-state index is 0.278. The quantitative estimate of drug-likeness (QED) is 0.697. The molecule has 1 saturated carbocycles. The van der Waals surface area contributed by atoms with E-state index in [-0.39, 0.29) is 5.92 Å². The van der Waals surface area contributed by atoms with Crippen LogP contribution in [0.2, 0.25) is 0 Å². The molecule has 0 amide bonds. The highest BCUT2D eigenvalue weighted by Crippen LogP contribution is 2.40. The molecule has 1 aliphatic rings.